The van der Waals surface area contributed by atoms with Crippen molar-refractivity contribution in [3.63, 3.8) is 0 Å². The number of pyridine rings is 1. The van der Waals surface area contributed by atoms with Crippen molar-refractivity contribution in [3.05, 3.63) is 63.6 Å². The number of nitrogens with zero attached hydrogens (tertiary/aromatic N) is 2. The van der Waals surface area contributed by atoms with Gasteiger partial charge in [0.15, 0.2) is 5.43 Å². The summed E-state index contributed by atoms with van der Waals surface area (Å²) in [5.74, 6) is 1.31. The van der Waals surface area contributed by atoms with Crippen molar-refractivity contribution >= 4 is 5.91 Å². The Hall–Kier alpha value is -2.60. The Bertz CT molecular complexity index is 1250. The molecule has 5 atom stereocenters. The number of amides is 1. The molecule has 4 aliphatic rings. The highest BCUT2D eigenvalue weighted by Crippen LogP contribution is 2.70. The van der Waals surface area contributed by atoms with Gasteiger partial charge in [0.05, 0.1) is 0 Å². The van der Waals surface area contributed by atoms with Gasteiger partial charge in [-0.2, -0.15) is 0 Å². The summed E-state index contributed by atoms with van der Waals surface area (Å²) in [5, 5.41) is 10.7. The van der Waals surface area contributed by atoms with E-state index in [9.17, 15) is 14.7 Å². The van der Waals surface area contributed by atoms with Gasteiger partial charge in [0.25, 0.3) is 5.91 Å². The molecule has 6 heteroatoms. The van der Waals surface area contributed by atoms with Crippen LogP contribution in [0.1, 0.15) is 80.3 Å². The van der Waals surface area contributed by atoms with E-state index in [1.54, 1.807) is 12.4 Å². The fraction of sp³-hybridized carbons (Fsp3) is 0.613. The predicted octanol–water partition coefficient (Wildman–Crippen LogP) is 4.72. The maximum Gasteiger partial charge on any atom is 0.259 e. The van der Waals surface area contributed by atoms with Crippen LogP contribution >= 0.6 is 0 Å². The Labute approximate surface area is 220 Å². The van der Waals surface area contributed by atoms with Crippen LogP contribution in [-0.2, 0) is 11.8 Å². The summed E-state index contributed by atoms with van der Waals surface area (Å²) in [7, 11) is 1.90. The van der Waals surface area contributed by atoms with E-state index in [0.717, 1.165) is 51.0 Å². The average molecular weight is 504 g/mol. The van der Waals surface area contributed by atoms with Crippen molar-refractivity contribution in [1.82, 2.24) is 14.8 Å². The molecule has 0 radical (unpaired) electrons. The summed E-state index contributed by atoms with van der Waals surface area (Å²) < 4.78 is 0. The first-order chi connectivity index (χ1) is 17.8. The molecule has 2 bridgehead atoms. The van der Waals surface area contributed by atoms with Gasteiger partial charge >= 0.3 is 0 Å². The Morgan fingerprint density at radius 1 is 1.16 bits per heavy atom. The summed E-state index contributed by atoms with van der Waals surface area (Å²) in [6.45, 7) is 6.95. The summed E-state index contributed by atoms with van der Waals surface area (Å²) in [4.78, 5) is 33.7. The first kappa shape index (κ1) is 24.7. The van der Waals surface area contributed by atoms with E-state index in [-0.39, 0.29) is 33.8 Å². The van der Waals surface area contributed by atoms with Gasteiger partial charge in [-0.3, -0.25) is 14.5 Å². The summed E-state index contributed by atoms with van der Waals surface area (Å²) >= 11 is 0. The molecule has 0 spiro atoms. The monoisotopic (exact) mass is 503 g/mol. The molecule has 2 aromatic rings. The third kappa shape index (κ3) is 3.62. The molecule has 2 heterocycles. The number of aromatic hydroxyl groups is 1. The zero-order valence-electron chi connectivity index (χ0n) is 22.5. The second-order valence-electron chi connectivity index (χ2n) is 12.3. The molecule has 4 fully saturated rings. The zero-order valence-corrected chi connectivity index (χ0v) is 22.5. The molecule has 3 aliphatic carbocycles. The molecular weight excluding hydrogens is 462 g/mol. The molecule has 1 aliphatic heterocycles. The first-order valence-electron chi connectivity index (χ1n) is 14.3. The lowest BCUT2D eigenvalue weighted by molar-refractivity contribution is -0.0893. The largest absolute Gasteiger partial charge is 0.508 e. The first-order valence-corrected chi connectivity index (χ1v) is 14.3. The third-order valence-electron chi connectivity index (χ3n) is 10.9. The lowest BCUT2D eigenvalue weighted by Crippen LogP contribution is -2.67. The van der Waals surface area contributed by atoms with Crippen molar-refractivity contribution in [3.8, 4) is 5.75 Å². The SMILES string of the molecule is CCc1ccc(O)cc1C12CCN(CC3CC3)C(C)C13CCC(N(C)C(=O)c1c[nH]ccc1=O)C2CC3. The van der Waals surface area contributed by atoms with Crippen molar-refractivity contribution in [2.45, 2.75) is 82.7 Å². The molecule has 2 N–H and O–H groups in total. The standard InChI is InChI=1S/C31H41N3O3/c1-4-22-7-8-23(35)17-26(22)31-14-16-34(19-21-5-6-21)20(2)30(31)12-9-25(31)27(10-13-30)33(3)29(37)24-18-32-15-11-28(24)36/h7-8,11,15,17-18,20-21,25,27,35H,4-6,9-10,12-14,16,19H2,1-3H3,(H,32,36). The number of rotatable bonds is 6. The van der Waals surface area contributed by atoms with Crippen molar-refractivity contribution in [1.29, 1.82) is 0 Å². The van der Waals surface area contributed by atoms with Gasteiger partial charge in [0.1, 0.15) is 11.3 Å². The number of aromatic amines is 1. The second kappa shape index (κ2) is 9.00. The Kier molecular flexibility index (Phi) is 6.02. The van der Waals surface area contributed by atoms with Crippen LogP contribution < -0.4 is 5.43 Å². The van der Waals surface area contributed by atoms with Gasteiger partial charge in [-0.15, -0.1) is 0 Å². The molecule has 1 aromatic heterocycles. The molecule has 6 nitrogen and oxygen atoms in total. The highest BCUT2D eigenvalue weighted by atomic mass is 16.3. The third-order valence-corrected chi connectivity index (χ3v) is 10.9. The van der Waals surface area contributed by atoms with Gasteiger partial charge in [-0.25, -0.2) is 0 Å². The van der Waals surface area contributed by atoms with Gasteiger partial charge in [-0.1, -0.05) is 13.0 Å². The van der Waals surface area contributed by atoms with Crippen LogP contribution in [0.5, 0.6) is 5.75 Å². The molecule has 198 valence electrons. The fourth-order valence-corrected chi connectivity index (χ4v) is 8.97. The molecule has 6 rings (SSSR count). The zero-order chi connectivity index (χ0) is 25.9. The Balaban J connectivity index is 1.45. The molecule has 5 unspecified atom stereocenters. The normalized spacial score (nSPS) is 33.2. The lowest BCUT2D eigenvalue weighted by Gasteiger charge is -2.64. The predicted molar refractivity (Wildman–Crippen MR) is 145 cm³/mol. The summed E-state index contributed by atoms with van der Waals surface area (Å²) in [6.07, 6.45) is 12.1. The molecule has 1 amide bonds. The van der Waals surface area contributed by atoms with E-state index in [1.165, 1.54) is 36.6 Å². The van der Waals surface area contributed by atoms with Gasteiger partial charge in [0.2, 0.25) is 0 Å². The number of phenolic OH excluding ortho intramolecular Hbond substituents is 1. The number of nitrogens with one attached hydrogen (secondary N) is 1. The van der Waals surface area contributed by atoms with Crippen molar-refractivity contribution in [2.75, 3.05) is 20.1 Å². The number of aromatic nitrogens is 1. The van der Waals surface area contributed by atoms with Crippen LogP contribution in [0.15, 0.2) is 41.5 Å². The van der Waals surface area contributed by atoms with E-state index >= 15 is 0 Å². The van der Waals surface area contributed by atoms with Crippen LogP contribution in [0.4, 0.5) is 0 Å². The van der Waals surface area contributed by atoms with Crippen LogP contribution in [0.25, 0.3) is 0 Å². The highest BCUT2D eigenvalue weighted by molar-refractivity contribution is 5.93. The smallest absolute Gasteiger partial charge is 0.259 e. The second-order valence-corrected chi connectivity index (χ2v) is 12.3. The van der Waals surface area contributed by atoms with Gasteiger partial charge < -0.3 is 15.0 Å². The van der Waals surface area contributed by atoms with E-state index in [1.807, 2.05) is 18.0 Å². The van der Waals surface area contributed by atoms with Crippen molar-refractivity contribution < 1.29 is 9.90 Å². The van der Waals surface area contributed by atoms with Crippen molar-refractivity contribution in [2.24, 2.45) is 17.3 Å². The Morgan fingerprint density at radius 2 is 1.95 bits per heavy atom. The van der Waals surface area contributed by atoms with Gasteiger partial charge in [-0.05, 0) is 105 Å². The van der Waals surface area contributed by atoms with E-state index < -0.39 is 0 Å². The summed E-state index contributed by atoms with van der Waals surface area (Å²) in [6, 6.07) is 7.98. The maximum atomic E-state index is 13.6. The molecule has 1 aromatic carbocycles. The number of benzene rings is 1. The van der Waals surface area contributed by atoms with Crippen LogP contribution in [-0.4, -0.2) is 58.0 Å². The molecule has 3 saturated carbocycles. The number of H-pyrrole nitrogens is 1. The maximum absolute atomic E-state index is 13.6. The number of carbonyl (C=O) groups is 1. The van der Waals surface area contributed by atoms with E-state index in [2.05, 4.69) is 35.9 Å². The number of likely N-dealkylation sites (tertiary alicyclic amines) is 1. The lowest BCUT2D eigenvalue weighted by atomic mass is 9.46. The number of aryl methyl sites for hydroxylation is 1. The quantitative estimate of drug-likeness (QED) is 0.598. The fourth-order valence-electron chi connectivity index (χ4n) is 8.97. The molecular formula is C31H41N3O3. The van der Waals surface area contributed by atoms with Crippen LogP contribution in [0, 0.1) is 17.3 Å². The number of hydrogen-bond acceptors (Lipinski definition) is 4. The number of phenols is 1. The number of hydrogen-bond donors (Lipinski definition) is 2. The van der Waals surface area contributed by atoms with Crippen LogP contribution in [0.3, 0.4) is 0 Å². The van der Waals surface area contributed by atoms with E-state index in [0.29, 0.717) is 17.7 Å². The van der Waals surface area contributed by atoms with E-state index in [4.69, 9.17) is 0 Å². The minimum absolute atomic E-state index is 0.0666. The number of piperidine rings is 1. The highest BCUT2D eigenvalue weighted by Gasteiger charge is 2.69. The van der Waals surface area contributed by atoms with Gasteiger partial charge in [0, 0.05) is 49.6 Å². The topological polar surface area (TPSA) is 76.6 Å². The summed E-state index contributed by atoms with van der Waals surface area (Å²) in [5.41, 5.74) is 2.67. The Morgan fingerprint density at radius 3 is 2.68 bits per heavy atom. The van der Waals surface area contributed by atoms with Crippen LogP contribution in [0.2, 0.25) is 0 Å². The molecule has 1 saturated heterocycles. The number of carbonyl (C=O) groups excluding carboxylic acids is 1. The molecule has 37 heavy (non-hydrogen) atoms. The minimum atomic E-state index is -0.231. The minimum Gasteiger partial charge on any atom is -0.508 e. The average Bonchev–Trinajstić information content (AvgIpc) is 3.69.